The normalized spacial score (nSPS) is 19.4. The number of nitrogens with zero attached hydrogens (tertiary/aromatic N) is 3. The summed E-state index contributed by atoms with van der Waals surface area (Å²) >= 11 is 0. The summed E-state index contributed by atoms with van der Waals surface area (Å²) in [6, 6.07) is 9.18. The molecule has 1 spiro atoms. The predicted molar refractivity (Wildman–Crippen MR) is 106 cm³/mol. The molecule has 0 radical (unpaired) electrons. The fraction of sp³-hybridized carbons (Fsp3) is 0.571. The van der Waals surface area contributed by atoms with Crippen molar-refractivity contribution in [2.75, 3.05) is 33.2 Å². The number of hydrogen-bond donors (Lipinski definition) is 1. The van der Waals surface area contributed by atoms with E-state index in [0.29, 0.717) is 25.3 Å². The van der Waals surface area contributed by atoms with E-state index in [9.17, 15) is 14.4 Å². The number of carbonyl (C=O) groups excluding carboxylic acids is 3. The summed E-state index contributed by atoms with van der Waals surface area (Å²) in [5.41, 5.74) is 0.160. The lowest BCUT2D eigenvalue weighted by molar-refractivity contribution is -0.139. The van der Waals surface area contributed by atoms with E-state index in [0.717, 1.165) is 30.1 Å². The summed E-state index contributed by atoms with van der Waals surface area (Å²) in [4.78, 5) is 43.0. The first kappa shape index (κ1) is 20.3. The molecular formula is C21H30N4O3. The fourth-order valence-electron chi connectivity index (χ4n) is 3.99. The Morgan fingerprint density at radius 2 is 1.82 bits per heavy atom. The second-order valence-corrected chi connectivity index (χ2v) is 8.33. The number of imide groups is 1. The number of amides is 4. The van der Waals surface area contributed by atoms with E-state index in [2.05, 4.69) is 24.1 Å². The van der Waals surface area contributed by atoms with Gasteiger partial charge in [0.05, 0.1) is 0 Å². The van der Waals surface area contributed by atoms with Crippen molar-refractivity contribution in [2.45, 2.75) is 38.8 Å². The van der Waals surface area contributed by atoms with Crippen LogP contribution in [0.5, 0.6) is 0 Å². The Morgan fingerprint density at radius 3 is 2.43 bits per heavy atom. The zero-order valence-electron chi connectivity index (χ0n) is 17.0. The lowest BCUT2D eigenvalue weighted by Gasteiger charge is -2.38. The molecule has 0 aromatic heterocycles. The van der Waals surface area contributed by atoms with Crippen LogP contribution in [-0.4, -0.2) is 71.3 Å². The molecule has 152 valence electrons. The first-order valence-corrected chi connectivity index (χ1v) is 9.95. The average Bonchev–Trinajstić information content (AvgIpc) is 2.88. The van der Waals surface area contributed by atoms with Crippen molar-refractivity contribution in [3.63, 3.8) is 0 Å². The molecule has 4 amide bonds. The lowest BCUT2D eigenvalue weighted by Crippen LogP contribution is -2.55. The second-order valence-electron chi connectivity index (χ2n) is 8.33. The van der Waals surface area contributed by atoms with Crippen LogP contribution in [0.15, 0.2) is 30.3 Å². The van der Waals surface area contributed by atoms with Gasteiger partial charge in [-0.2, -0.15) is 0 Å². The van der Waals surface area contributed by atoms with Gasteiger partial charge in [0, 0.05) is 33.2 Å². The highest BCUT2D eigenvalue weighted by atomic mass is 16.2. The summed E-state index contributed by atoms with van der Waals surface area (Å²) in [7, 11) is 1.69. The maximum Gasteiger partial charge on any atom is 0.325 e. The van der Waals surface area contributed by atoms with Crippen LogP contribution in [0.1, 0.15) is 32.3 Å². The van der Waals surface area contributed by atoms with Crippen LogP contribution >= 0.6 is 0 Å². The van der Waals surface area contributed by atoms with Gasteiger partial charge in [-0.05, 0) is 24.3 Å². The molecule has 1 aromatic rings. The van der Waals surface area contributed by atoms with Crippen LogP contribution in [0.3, 0.4) is 0 Å². The van der Waals surface area contributed by atoms with E-state index in [1.54, 1.807) is 11.9 Å². The van der Waals surface area contributed by atoms with Crippen LogP contribution in [0, 0.1) is 5.92 Å². The molecule has 0 saturated carbocycles. The topological polar surface area (TPSA) is 73.0 Å². The summed E-state index contributed by atoms with van der Waals surface area (Å²) < 4.78 is 0. The SMILES string of the molecule is CC(C)CN1CCC2(CC1)NC(=O)N(CC(=O)N(C)Cc1ccccc1)C2=O. The Labute approximate surface area is 166 Å². The number of likely N-dealkylation sites (N-methyl/N-ethyl adjacent to an activating group) is 1. The zero-order chi connectivity index (χ0) is 20.3. The number of likely N-dealkylation sites (tertiary alicyclic amines) is 1. The van der Waals surface area contributed by atoms with Crippen molar-refractivity contribution in [3.05, 3.63) is 35.9 Å². The Bertz CT molecular complexity index is 726. The van der Waals surface area contributed by atoms with Crippen LogP contribution in [0.4, 0.5) is 4.79 Å². The van der Waals surface area contributed by atoms with Crippen LogP contribution < -0.4 is 5.32 Å². The number of hydrogen-bond acceptors (Lipinski definition) is 4. The zero-order valence-corrected chi connectivity index (χ0v) is 17.0. The van der Waals surface area contributed by atoms with E-state index in [-0.39, 0.29) is 18.4 Å². The van der Waals surface area contributed by atoms with Crippen molar-refractivity contribution in [1.82, 2.24) is 20.0 Å². The predicted octanol–water partition coefficient (Wildman–Crippen LogP) is 1.69. The van der Waals surface area contributed by atoms with Crippen LogP contribution in [-0.2, 0) is 16.1 Å². The van der Waals surface area contributed by atoms with Gasteiger partial charge < -0.3 is 15.1 Å². The number of nitrogens with one attached hydrogen (secondary N) is 1. The number of rotatable bonds is 6. The van der Waals surface area contributed by atoms with Crippen molar-refractivity contribution in [3.8, 4) is 0 Å². The molecule has 1 N–H and O–H groups in total. The van der Waals surface area contributed by atoms with E-state index in [1.807, 2.05) is 30.3 Å². The van der Waals surface area contributed by atoms with Crippen molar-refractivity contribution in [1.29, 1.82) is 0 Å². The Kier molecular flexibility index (Phi) is 6.03. The molecule has 0 aliphatic carbocycles. The van der Waals surface area contributed by atoms with Gasteiger partial charge in [0.25, 0.3) is 5.91 Å². The van der Waals surface area contributed by atoms with Gasteiger partial charge in [-0.1, -0.05) is 44.2 Å². The molecule has 7 nitrogen and oxygen atoms in total. The number of benzene rings is 1. The molecule has 3 rings (SSSR count). The molecule has 7 heteroatoms. The molecular weight excluding hydrogens is 356 g/mol. The number of urea groups is 1. The van der Waals surface area contributed by atoms with Gasteiger partial charge in [0.2, 0.25) is 5.91 Å². The van der Waals surface area contributed by atoms with Crippen LogP contribution in [0.2, 0.25) is 0 Å². The molecule has 2 fully saturated rings. The molecule has 0 bridgehead atoms. The molecule has 0 atom stereocenters. The first-order valence-electron chi connectivity index (χ1n) is 9.95. The lowest BCUT2D eigenvalue weighted by atomic mass is 9.87. The molecule has 28 heavy (non-hydrogen) atoms. The fourth-order valence-corrected chi connectivity index (χ4v) is 3.99. The average molecular weight is 386 g/mol. The second kappa shape index (κ2) is 8.31. The van der Waals surface area contributed by atoms with Gasteiger partial charge in [0.1, 0.15) is 12.1 Å². The highest BCUT2D eigenvalue weighted by molar-refractivity contribution is 6.09. The van der Waals surface area contributed by atoms with Crippen LogP contribution in [0.25, 0.3) is 0 Å². The molecule has 2 heterocycles. The Balaban J connectivity index is 1.59. The molecule has 2 aliphatic rings. The standard InChI is InChI=1S/C21H30N4O3/c1-16(2)13-24-11-9-21(10-12-24)19(27)25(20(28)22-21)15-18(26)23(3)14-17-7-5-4-6-8-17/h4-8,16H,9-15H2,1-3H3,(H,22,28). The summed E-state index contributed by atoms with van der Waals surface area (Å²) in [6.45, 7) is 7.12. The molecule has 1 aromatic carbocycles. The van der Waals surface area contributed by atoms with Gasteiger partial charge in [-0.15, -0.1) is 0 Å². The number of piperidine rings is 1. The summed E-state index contributed by atoms with van der Waals surface area (Å²) in [5, 5.41) is 2.88. The third-order valence-corrected chi connectivity index (χ3v) is 5.56. The van der Waals surface area contributed by atoms with Crippen molar-refractivity contribution in [2.24, 2.45) is 5.92 Å². The van der Waals surface area contributed by atoms with E-state index >= 15 is 0 Å². The minimum Gasteiger partial charge on any atom is -0.340 e. The maximum absolute atomic E-state index is 13.0. The third-order valence-electron chi connectivity index (χ3n) is 5.56. The molecule has 0 unspecified atom stereocenters. The first-order chi connectivity index (χ1) is 13.3. The van der Waals surface area contributed by atoms with Gasteiger partial charge in [-0.3, -0.25) is 14.5 Å². The largest absolute Gasteiger partial charge is 0.340 e. The van der Waals surface area contributed by atoms with Crippen molar-refractivity contribution < 1.29 is 14.4 Å². The number of carbonyl (C=O) groups is 3. The smallest absolute Gasteiger partial charge is 0.325 e. The highest BCUT2D eigenvalue weighted by Gasteiger charge is 2.52. The molecule has 2 saturated heterocycles. The monoisotopic (exact) mass is 386 g/mol. The van der Waals surface area contributed by atoms with E-state index in [1.165, 1.54) is 0 Å². The Morgan fingerprint density at radius 1 is 1.18 bits per heavy atom. The highest BCUT2D eigenvalue weighted by Crippen LogP contribution is 2.29. The van der Waals surface area contributed by atoms with E-state index in [4.69, 9.17) is 0 Å². The van der Waals surface area contributed by atoms with Gasteiger partial charge in [-0.25, -0.2) is 4.79 Å². The van der Waals surface area contributed by atoms with E-state index < -0.39 is 11.6 Å². The quantitative estimate of drug-likeness (QED) is 0.755. The van der Waals surface area contributed by atoms with Gasteiger partial charge in [0.15, 0.2) is 0 Å². The maximum atomic E-state index is 13.0. The summed E-state index contributed by atoms with van der Waals surface area (Å²) in [5.74, 6) is 0.0574. The van der Waals surface area contributed by atoms with Gasteiger partial charge >= 0.3 is 6.03 Å². The van der Waals surface area contributed by atoms with Crippen molar-refractivity contribution >= 4 is 17.8 Å². The summed E-state index contributed by atoms with van der Waals surface area (Å²) in [6.07, 6.45) is 1.18. The minimum atomic E-state index is -0.844. The Hall–Kier alpha value is -2.41. The third kappa shape index (κ3) is 4.35. The molecule has 2 aliphatic heterocycles. The minimum absolute atomic E-state index is 0.217.